The first-order valence-electron chi connectivity index (χ1n) is 6.35. The van der Waals surface area contributed by atoms with E-state index in [1.807, 2.05) is 36.0 Å². The first kappa shape index (κ1) is 13.9. The maximum absolute atomic E-state index is 6.18. The van der Waals surface area contributed by atoms with Gasteiger partial charge >= 0.3 is 0 Å². The third-order valence-electron chi connectivity index (χ3n) is 2.77. The van der Waals surface area contributed by atoms with Gasteiger partial charge in [0.15, 0.2) is 5.75 Å². The Labute approximate surface area is 118 Å². The zero-order valence-electron chi connectivity index (χ0n) is 11.1. The first-order valence-corrected chi connectivity index (χ1v) is 6.73. The number of benzene rings is 1. The predicted molar refractivity (Wildman–Crippen MR) is 76.6 cm³/mol. The summed E-state index contributed by atoms with van der Waals surface area (Å²) >= 11 is 6.18. The molecule has 2 N–H and O–H groups in total. The molecule has 1 unspecified atom stereocenters. The molecule has 5 heteroatoms. The summed E-state index contributed by atoms with van der Waals surface area (Å²) in [6, 6.07) is 5.54. The minimum absolute atomic E-state index is 0.0427. The monoisotopic (exact) mass is 279 g/mol. The summed E-state index contributed by atoms with van der Waals surface area (Å²) in [7, 11) is 0. The Morgan fingerprint density at radius 2 is 2.26 bits per heavy atom. The Balaban J connectivity index is 2.13. The van der Waals surface area contributed by atoms with Crippen LogP contribution in [0.2, 0.25) is 5.02 Å². The lowest BCUT2D eigenvalue weighted by molar-refractivity contribution is 0.480. The van der Waals surface area contributed by atoms with Gasteiger partial charge in [0.1, 0.15) is 5.75 Å². The lowest BCUT2D eigenvalue weighted by Crippen LogP contribution is -2.04. The molecule has 1 heterocycles. The molecule has 0 saturated carbocycles. The fourth-order valence-electron chi connectivity index (χ4n) is 1.76. The van der Waals surface area contributed by atoms with Crippen molar-refractivity contribution in [3.05, 3.63) is 41.2 Å². The van der Waals surface area contributed by atoms with E-state index in [2.05, 4.69) is 12.0 Å². The molecule has 0 fully saturated rings. The number of aromatic nitrogens is 2. The molecular weight excluding hydrogens is 262 g/mol. The van der Waals surface area contributed by atoms with Crippen LogP contribution in [0.5, 0.6) is 11.5 Å². The van der Waals surface area contributed by atoms with Gasteiger partial charge in [0, 0.05) is 12.6 Å². The van der Waals surface area contributed by atoms with Gasteiger partial charge in [0.05, 0.1) is 17.4 Å². The molecule has 0 amide bonds. The van der Waals surface area contributed by atoms with Crippen LogP contribution >= 0.6 is 11.6 Å². The molecule has 0 aliphatic heterocycles. The van der Waals surface area contributed by atoms with Gasteiger partial charge in [-0.2, -0.15) is 5.10 Å². The molecule has 19 heavy (non-hydrogen) atoms. The molecule has 2 aromatic rings. The van der Waals surface area contributed by atoms with Crippen molar-refractivity contribution in [2.45, 2.75) is 32.9 Å². The van der Waals surface area contributed by atoms with E-state index < -0.39 is 0 Å². The zero-order chi connectivity index (χ0) is 13.8. The van der Waals surface area contributed by atoms with Crippen LogP contribution in [0, 0.1) is 0 Å². The molecule has 2 rings (SSSR count). The summed E-state index contributed by atoms with van der Waals surface area (Å²) < 4.78 is 7.56. The van der Waals surface area contributed by atoms with Crippen molar-refractivity contribution in [2.75, 3.05) is 0 Å². The van der Waals surface area contributed by atoms with Gasteiger partial charge < -0.3 is 10.5 Å². The number of hydrogen-bond donors (Lipinski definition) is 1. The quantitative estimate of drug-likeness (QED) is 0.907. The van der Waals surface area contributed by atoms with Crippen molar-refractivity contribution >= 4 is 11.6 Å². The molecule has 0 bridgehead atoms. The Morgan fingerprint density at radius 1 is 1.47 bits per heavy atom. The van der Waals surface area contributed by atoms with Crippen molar-refractivity contribution in [1.29, 1.82) is 0 Å². The summed E-state index contributed by atoms with van der Waals surface area (Å²) in [5.74, 6) is 1.30. The van der Waals surface area contributed by atoms with E-state index >= 15 is 0 Å². The Bertz CT molecular complexity index is 551. The summed E-state index contributed by atoms with van der Waals surface area (Å²) in [4.78, 5) is 0. The smallest absolute Gasteiger partial charge is 0.165 e. The number of hydrogen-bond acceptors (Lipinski definition) is 3. The molecule has 4 nitrogen and oxygen atoms in total. The molecule has 0 spiro atoms. The second kappa shape index (κ2) is 6.08. The molecule has 1 atom stereocenters. The highest BCUT2D eigenvalue weighted by Gasteiger charge is 2.08. The maximum atomic E-state index is 6.18. The van der Waals surface area contributed by atoms with E-state index in [9.17, 15) is 0 Å². The average Bonchev–Trinajstić information content (AvgIpc) is 2.79. The summed E-state index contributed by atoms with van der Waals surface area (Å²) in [6.45, 7) is 4.90. The molecule has 0 aliphatic rings. The number of nitrogens with two attached hydrogens (primary N) is 1. The highest BCUT2D eigenvalue weighted by Crippen LogP contribution is 2.31. The summed E-state index contributed by atoms with van der Waals surface area (Å²) in [5.41, 5.74) is 6.79. The van der Waals surface area contributed by atoms with Crippen LogP contribution in [0.15, 0.2) is 30.6 Å². The van der Waals surface area contributed by atoms with Gasteiger partial charge in [-0.1, -0.05) is 24.6 Å². The second-order valence-electron chi connectivity index (χ2n) is 4.52. The molecule has 0 saturated heterocycles. The highest BCUT2D eigenvalue weighted by molar-refractivity contribution is 6.32. The van der Waals surface area contributed by atoms with Gasteiger partial charge in [-0.15, -0.1) is 0 Å². The summed E-state index contributed by atoms with van der Waals surface area (Å²) in [5, 5.41) is 4.76. The van der Waals surface area contributed by atoms with Crippen LogP contribution in [-0.2, 0) is 6.54 Å². The molecule has 102 valence electrons. The van der Waals surface area contributed by atoms with Crippen LogP contribution < -0.4 is 10.5 Å². The fraction of sp³-hybridized carbons (Fsp3) is 0.357. The largest absolute Gasteiger partial charge is 0.452 e. The summed E-state index contributed by atoms with van der Waals surface area (Å²) in [6.07, 6.45) is 4.58. The second-order valence-corrected chi connectivity index (χ2v) is 4.93. The van der Waals surface area contributed by atoms with E-state index in [0.29, 0.717) is 16.5 Å². The maximum Gasteiger partial charge on any atom is 0.165 e. The van der Waals surface area contributed by atoms with Crippen LogP contribution in [0.1, 0.15) is 31.9 Å². The number of rotatable bonds is 5. The molecular formula is C14H18ClN3O. The lowest BCUT2D eigenvalue weighted by Gasteiger charge is -2.09. The van der Waals surface area contributed by atoms with Crippen molar-refractivity contribution < 1.29 is 4.74 Å². The number of halogens is 1. The topological polar surface area (TPSA) is 53.1 Å². The Hall–Kier alpha value is -1.52. The third-order valence-corrected chi connectivity index (χ3v) is 3.07. The van der Waals surface area contributed by atoms with E-state index in [0.717, 1.165) is 18.5 Å². The van der Waals surface area contributed by atoms with Crippen molar-refractivity contribution in [2.24, 2.45) is 5.73 Å². The van der Waals surface area contributed by atoms with E-state index in [-0.39, 0.29) is 6.04 Å². The average molecular weight is 280 g/mol. The molecule has 1 aromatic heterocycles. The van der Waals surface area contributed by atoms with E-state index in [4.69, 9.17) is 22.1 Å². The highest BCUT2D eigenvalue weighted by atomic mass is 35.5. The predicted octanol–water partition coefficient (Wildman–Crippen LogP) is 3.76. The normalized spacial score (nSPS) is 12.4. The number of nitrogens with zero attached hydrogens (tertiary/aromatic N) is 2. The fourth-order valence-corrected chi connectivity index (χ4v) is 1.99. The van der Waals surface area contributed by atoms with Crippen LogP contribution in [0.3, 0.4) is 0 Å². The third kappa shape index (κ3) is 3.49. The molecule has 0 aliphatic carbocycles. The van der Waals surface area contributed by atoms with Crippen LogP contribution in [0.4, 0.5) is 0 Å². The molecule has 1 aromatic carbocycles. The van der Waals surface area contributed by atoms with Gasteiger partial charge in [-0.05, 0) is 31.0 Å². The van der Waals surface area contributed by atoms with Crippen LogP contribution in [-0.4, -0.2) is 9.78 Å². The first-order chi connectivity index (χ1) is 9.10. The number of ether oxygens (including phenoxy) is 1. The minimum Gasteiger partial charge on any atom is -0.452 e. The van der Waals surface area contributed by atoms with Gasteiger partial charge in [-0.25, -0.2) is 0 Å². The van der Waals surface area contributed by atoms with E-state index in [1.54, 1.807) is 6.20 Å². The zero-order valence-corrected chi connectivity index (χ0v) is 11.9. The SMILES string of the molecule is CCCn1cc(Oc2ccc(C(C)N)cc2Cl)cn1. The standard InChI is InChI=1S/C14H18ClN3O/c1-3-6-18-9-12(8-17-18)19-14-5-4-11(10(2)16)7-13(14)15/h4-5,7-10H,3,6,16H2,1-2H3. The van der Waals surface area contributed by atoms with Crippen LogP contribution in [0.25, 0.3) is 0 Å². The van der Waals surface area contributed by atoms with E-state index in [1.165, 1.54) is 0 Å². The molecule has 0 radical (unpaired) electrons. The van der Waals surface area contributed by atoms with Crippen molar-refractivity contribution in [3.8, 4) is 11.5 Å². The van der Waals surface area contributed by atoms with Gasteiger partial charge in [-0.3, -0.25) is 4.68 Å². The van der Waals surface area contributed by atoms with Gasteiger partial charge in [0.2, 0.25) is 0 Å². The van der Waals surface area contributed by atoms with Crippen molar-refractivity contribution in [1.82, 2.24) is 9.78 Å². The Morgan fingerprint density at radius 3 is 2.89 bits per heavy atom. The minimum atomic E-state index is -0.0427. The van der Waals surface area contributed by atoms with Crippen molar-refractivity contribution in [3.63, 3.8) is 0 Å². The lowest BCUT2D eigenvalue weighted by atomic mass is 10.1. The Kier molecular flexibility index (Phi) is 4.45. The number of aryl methyl sites for hydroxylation is 1. The van der Waals surface area contributed by atoms with Gasteiger partial charge in [0.25, 0.3) is 0 Å².